The highest BCUT2D eigenvalue weighted by atomic mass is 16.6. The number of benzene rings is 2. The summed E-state index contributed by atoms with van der Waals surface area (Å²) < 4.78 is 12.1. The summed E-state index contributed by atoms with van der Waals surface area (Å²) in [5.41, 5.74) is 1.54. The summed E-state index contributed by atoms with van der Waals surface area (Å²) in [5.74, 6) is 1.01. The number of nitrogens with one attached hydrogen (secondary N) is 1. The molecule has 8 nitrogen and oxygen atoms in total. The van der Waals surface area contributed by atoms with Crippen LogP contribution in [0.3, 0.4) is 0 Å². The van der Waals surface area contributed by atoms with Crippen molar-refractivity contribution in [2.45, 2.75) is 13.1 Å². The normalized spacial score (nSPS) is 10.6. The number of nitro benzene ring substituents is 1. The Labute approximate surface area is 155 Å². The Morgan fingerprint density at radius 3 is 2.63 bits per heavy atom. The zero-order valence-corrected chi connectivity index (χ0v) is 15.0. The van der Waals surface area contributed by atoms with Gasteiger partial charge in [0.1, 0.15) is 6.54 Å². The van der Waals surface area contributed by atoms with Crippen molar-refractivity contribution < 1.29 is 19.2 Å². The number of hydrogen-bond donors (Lipinski definition) is 1. The lowest BCUT2D eigenvalue weighted by molar-refractivity contribution is -0.383. The number of methoxy groups -OCH3 is 2. The number of nitro groups is 1. The summed E-state index contributed by atoms with van der Waals surface area (Å²) in [4.78, 5) is 23.0. The average molecular weight is 369 g/mol. The number of non-ortho nitro benzene ring substituents is 1. The molecule has 27 heavy (non-hydrogen) atoms. The van der Waals surface area contributed by atoms with Gasteiger partial charge in [-0.2, -0.15) is 0 Å². The van der Waals surface area contributed by atoms with Crippen LogP contribution in [0, 0.1) is 10.1 Å². The van der Waals surface area contributed by atoms with Gasteiger partial charge in [-0.15, -0.1) is 0 Å². The van der Waals surface area contributed by atoms with E-state index in [9.17, 15) is 14.9 Å². The fourth-order valence-corrected chi connectivity index (χ4v) is 2.91. The second kappa shape index (κ2) is 7.77. The topological polar surface area (TPSA) is 95.6 Å². The van der Waals surface area contributed by atoms with E-state index < -0.39 is 4.92 Å². The van der Waals surface area contributed by atoms with Crippen LogP contribution in [-0.4, -0.2) is 29.6 Å². The molecule has 0 unspecified atom stereocenters. The van der Waals surface area contributed by atoms with Gasteiger partial charge in [0.25, 0.3) is 5.69 Å². The molecule has 2 aromatic carbocycles. The Kier molecular flexibility index (Phi) is 5.25. The third-order valence-electron chi connectivity index (χ3n) is 4.24. The van der Waals surface area contributed by atoms with Crippen molar-refractivity contribution in [2.75, 3.05) is 14.2 Å². The number of nitrogens with zero attached hydrogens (tertiary/aromatic N) is 2. The molecular formula is C19H19N3O5. The second-order valence-electron chi connectivity index (χ2n) is 5.88. The van der Waals surface area contributed by atoms with Gasteiger partial charge in [0.05, 0.1) is 30.0 Å². The second-order valence-corrected chi connectivity index (χ2v) is 5.88. The van der Waals surface area contributed by atoms with Crippen LogP contribution in [0.5, 0.6) is 11.5 Å². The van der Waals surface area contributed by atoms with Crippen molar-refractivity contribution in [2.24, 2.45) is 0 Å². The van der Waals surface area contributed by atoms with Crippen molar-refractivity contribution >= 4 is 22.5 Å². The largest absolute Gasteiger partial charge is 0.493 e. The predicted molar refractivity (Wildman–Crippen MR) is 100.0 cm³/mol. The lowest BCUT2D eigenvalue weighted by atomic mass is 10.2. The number of aromatic nitrogens is 1. The molecule has 0 bridgehead atoms. The maximum Gasteiger partial charge on any atom is 0.278 e. The van der Waals surface area contributed by atoms with Crippen LogP contribution in [0.15, 0.2) is 48.7 Å². The number of hydrogen-bond acceptors (Lipinski definition) is 5. The van der Waals surface area contributed by atoms with E-state index in [1.165, 1.54) is 6.07 Å². The number of rotatable bonds is 7. The van der Waals surface area contributed by atoms with Crippen LogP contribution in [0.1, 0.15) is 5.56 Å². The fraction of sp³-hybridized carbons (Fsp3) is 0.211. The van der Waals surface area contributed by atoms with Crippen LogP contribution in [0.2, 0.25) is 0 Å². The number of amides is 1. The summed E-state index contributed by atoms with van der Waals surface area (Å²) in [6.45, 7) is 0.399. The fourth-order valence-electron chi connectivity index (χ4n) is 2.91. The molecule has 8 heteroatoms. The quantitative estimate of drug-likeness (QED) is 0.510. The molecule has 0 saturated heterocycles. The van der Waals surface area contributed by atoms with E-state index in [1.807, 2.05) is 6.07 Å². The summed E-state index contributed by atoms with van der Waals surface area (Å²) in [5, 5.41) is 14.4. The van der Waals surface area contributed by atoms with Gasteiger partial charge in [0, 0.05) is 18.8 Å². The van der Waals surface area contributed by atoms with E-state index >= 15 is 0 Å². The van der Waals surface area contributed by atoms with Crippen molar-refractivity contribution in [3.8, 4) is 11.5 Å². The first kappa shape index (κ1) is 18.2. The minimum absolute atomic E-state index is 0.0250. The van der Waals surface area contributed by atoms with Crippen molar-refractivity contribution in [3.63, 3.8) is 0 Å². The first-order valence-electron chi connectivity index (χ1n) is 8.23. The van der Waals surface area contributed by atoms with E-state index in [1.54, 1.807) is 55.3 Å². The lowest BCUT2D eigenvalue weighted by Crippen LogP contribution is -2.26. The van der Waals surface area contributed by atoms with Gasteiger partial charge >= 0.3 is 0 Å². The summed E-state index contributed by atoms with van der Waals surface area (Å²) in [6, 6.07) is 11.9. The molecule has 0 atom stereocenters. The highest BCUT2D eigenvalue weighted by molar-refractivity contribution is 5.90. The zero-order valence-electron chi connectivity index (χ0n) is 15.0. The monoisotopic (exact) mass is 369 g/mol. The molecule has 140 valence electrons. The number of ether oxygens (including phenoxy) is 2. The molecule has 1 heterocycles. The highest BCUT2D eigenvalue weighted by Gasteiger charge is 2.15. The molecule has 1 amide bonds. The van der Waals surface area contributed by atoms with E-state index in [-0.39, 0.29) is 18.1 Å². The van der Waals surface area contributed by atoms with Gasteiger partial charge in [-0.25, -0.2) is 0 Å². The van der Waals surface area contributed by atoms with Gasteiger partial charge in [-0.3, -0.25) is 14.9 Å². The van der Waals surface area contributed by atoms with Gasteiger partial charge in [0.2, 0.25) is 5.91 Å². The molecular weight excluding hydrogens is 350 g/mol. The Morgan fingerprint density at radius 2 is 1.93 bits per heavy atom. The average Bonchev–Trinajstić information content (AvgIpc) is 3.08. The summed E-state index contributed by atoms with van der Waals surface area (Å²) >= 11 is 0. The van der Waals surface area contributed by atoms with Crippen LogP contribution in [-0.2, 0) is 17.9 Å². The molecule has 1 aromatic heterocycles. The Bertz CT molecular complexity index is 996. The van der Waals surface area contributed by atoms with Crippen LogP contribution < -0.4 is 14.8 Å². The third kappa shape index (κ3) is 3.84. The van der Waals surface area contributed by atoms with E-state index in [2.05, 4.69) is 5.32 Å². The summed E-state index contributed by atoms with van der Waals surface area (Å²) in [6.07, 6.45) is 1.67. The molecule has 0 aliphatic rings. The molecule has 3 rings (SSSR count). The first-order chi connectivity index (χ1) is 13.0. The smallest absolute Gasteiger partial charge is 0.278 e. The molecule has 0 aliphatic carbocycles. The standard InChI is InChI=1S/C19H19N3O5/c1-26-17-7-6-13(10-18(17)27-2)11-20-19(23)12-21-9-8-14-15(21)4-3-5-16(14)22(24)25/h3-10H,11-12H2,1-2H3,(H,20,23). The van der Waals surface area contributed by atoms with E-state index in [4.69, 9.17) is 9.47 Å². The molecule has 0 saturated carbocycles. The van der Waals surface area contributed by atoms with E-state index in [0.717, 1.165) is 5.56 Å². The van der Waals surface area contributed by atoms with Crippen LogP contribution in [0.25, 0.3) is 10.9 Å². The van der Waals surface area contributed by atoms with Crippen molar-refractivity contribution in [1.82, 2.24) is 9.88 Å². The van der Waals surface area contributed by atoms with Gasteiger partial charge < -0.3 is 19.4 Å². The maximum atomic E-state index is 12.3. The zero-order chi connectivity index (χ0) is 19.4. The van der Waals surface area contributed by atoms with Crippen molar-refractivity contribution in [1.29, 1.82) is 0 Å². The molecule has 0 fully saturated rings. The SMILES string of the molecule is COc1ccc(CNC(=O)Cn2ccc3c([N+](=O)[O-])cccc32)cc1OC. The maximum absolute atomic E-state index is 12.3. The number of carbonyl (C=O) groups excluding carboxylic acids is 1. The molecule has 0 radical (unpaired) electrons. The van der Waals surface area contributed by atoms with Crippen molar-refractivity contribution in [3.05, 3.63) is 64.3 Å². The molecule has 3 aromatic rings. The first-order valence-corrected chi connectivity index (χ1v) is 8.23. The highest BCUT2D eigenvalue weighted by Crippen LogP contribution is 2.28. The lowest BCUT2D eigenvalue weighted by Gasteiger charge is -2.11. The van der Waals surface area contributed by atoms with Crippen LogP contribution in [0.4, 0.5) is 5.69 Å². The Morgan fingerprint density at radius 1 is 1.15 bits per heavy atom. The van der Waals surface area contributed by atoms with Gasteiger partial charge in [0.15, 0.2) is 11.5 Å². The predicted octanol–water partition coefficient (Wildman–Crippen LogP) is 2.88. The van der Waals surface area contributed by atoms with Gasteiger partial charge in [-0.05, 0) is 29.8 Å². The third-order valence-corrected chi connectivity index (χ3v) is 4.24. The van der Waals surface area contributed by atoms with E-state index in [0.29, 0.717) is 28.9 Å². The number of fused-ring (bicyclic) bond motifs is 1. The molecule has 0 spiro atoms. The minimum atomic E-state index is -0.427. The Balaban J connectivity index is 1.69. The van der Waals surface area contributed by atoms with Crippen LogP contribution >= 0.6 is 0 Å². The van der Waals surface area contributed by atoms with Gasteiger partial charge in [-0.1, -0.05) is 12.1 Å². The number of carbonyl (C=O) groups is 1. The molecule has 0 aliphatic heterocycles. The molecule has 1 N–H and O–H groups in total. The Hall–Kier alpha value is -3.55. The summed E-state index contributed by atoms with van der Waals surface area (Å²) in [7, 11) is 3.11. The minimum Gasteiger partial charge on any atom is -0.493 e.